The van der Waals surface area contributed by atoms with Gasteiger partial charge in [0.1, 0.15) is 5.82 Å². The molecule has 3 amide bonds. The van der Waals surface area contributed by atoms with E-state index in [-0.39, 0.29) is 30.0 Å². The summed E-state index contributed by atoms with van der Waals surface area (Å²) < 4.78 is 13.1. The largest absolute Gasteiger partial charge is 0.366 e. The molecule has 10 heteroatoms. The number of likely N-dealkylation sites (tertiary alicyclic amines) is 1. The third-order valence-corrected chi connectivity index (χ3v) is 6.72. The Bertz CT molecular complexity index is 1070. The molecule has 2 fully saturated rings. The van der Waals surface area contributed by atoms with Crippen LogP contribution in [0.15, 0.2) is 42.5 Å². The van der Waals surface area contributed by atoms with Crippen molar-refractivity contribution in [3.05, 3.63) is 58.9 Å². The lowest BCUT2D eigenvalue weighted by Crippen LogP contribution is -2.46. The van der Waals surface area contributed by atoms with Crippen molar-refractivity contribution < 1.29 is 18.8 Å². The van der Waals surface area contributed by atoms with E-state index < -0.39 is 6.03 Å². The number of para-hydroxylation sites is 1. The van der Waals surface area contributed by atoms with Crippen LogP contribution in [0, 0.1) is 11.7 Å². The fraction of sp³-hybridized carbons (Fsp3) is 0.400. The van der Waals surface area contributed by atoms with Gasteiger partial charge in [0.15, 0.2) is 5.78 Å². The van der Waals surface area contributed by atoms with Gasteiger partial charge in [0.05, 0.1) is 22.9 Å². The standard InChI is InChI=1S/C25H29ClFN5O3/c26-20-2-1-3-21(23(20)32-14-10-28-11-15-32)30-25(35)29-16-22(33)31-12-8-18(9-13-31)24(34)17-4-6-19(27)7-5-17/h1-7,18,28H,8-16H2,(H2,29,30,35). The third kappa shape index (κ3) is 6.29. The molecular weight excluding hydrogens is 473 g/mol. The number of hydrogen-bond acceptors (Lipinski definition) is 5. The van der Waals surface area contributed by atoms with Crippen LogP contribution in [-0.2, 0) is 4.79 Å². The maximum Gasteiger partial charge on any atom is 0.319 e. The zero-order chi connectivity index (χ0) is 24.8. The minimum Gasteiger partial charge on any atom is -0.366 e. The number of ketones is 1. The molecule has 2 heterocycles. The normalized spacial score (nSPS) is 16.6. The predicted octanol–water partition coefficient (Wildman–Crippen LogP) is 3.13. The molecule has 0 aliphatic carbocycles. The van der Waals surface area contributed by atoms with E-state index in [9.17, 15) is 18.8 Å². The van der Waals surface area contributed by atoms with Crippen LogP contribution in [0.2, 0.25) is 5.02 Å². The van der Waals surface area contributed by atoms with Gasteiger partial charge in [-0.05, 0) is 49.2 Å². The van der Waals surface area contributed by atoms with Gasteiger partial charge in [0, 0.05) is 50.7 Å². The van der Waals surface area contributed by atoms with E-state index in [1.807, 2.05) is 0 Å². The lowest BCUT2D eigenvalue weighted by Gasteiger charge is -2.32. The molecular formula is C25H29ClFN5O3. The van der Waals surface area contributed by atoms with E-state index in [1.54, 1.807) is 23.1 Å². The van der Waals surface area contributed by atoms with Gasteiger partial charge in [-0.2, -0.15) is 0 Å². The van der Waals surface area contributed by atoms with Crippen molar-refractivity contribution in [1.29, 1.82) is 0 Å². The molecule has 2 aromatic carbocycles. The lowest BCUT2D eigenvalue weighted by molar-refractivity contribution is -0.131. The maximum atomic E-state index is 13.1. The number of rotatable bonds is 6. The zero-order valence-electron chi connectivity index (χ0n) is 19.4. The SMILES string of the molecule is O=C(NCC(=O)N1CCC(C(=O)c2ccc(F)cc2)CC1)Nc1cccc(Cl)c1N1CCNCC1. The number of carbonyl (C=O) groups is 3. The molecule has 0 bridgehead atoms. The van der Waals surface area contributed by atoms with Crippen molar-refractivity contribution in [2.75, 3.05) is 56.0 Å². The van der Waals surface area contributed by atoms with Crippen LogP contribution < -0.4 is 20.9 Å². The molecule has 0 atom stereocenters. The fourth-order valence-electron chi connectivity index (χ4n) is 4.50. The van der Waals surface area contributed by atoms with Crippen LogP contribution >= 0.6 is 11.6 Å². The number of halogens is 2. The van der Waals surface area contributed by atoms with Crippen molar-refractivity contribution in [2.45, 2.75) is 12.8 Å². The van der Waals surface area contributed by atoms with Gasteiger partial charge >= 0.3 is 6.03 Å². The zero-order valence-corrected chi connectivity index (χ0v) is 20.1. The quantitative estimate of drug-likeness (QED) is 0.529. The van der Waals surface area contributed by atoms with Crippen LogP contribution in [0.5, 0.6) is 0 Å². The van der Waals surface area contributed by atoms with Gasteiger partial charge in [-0.3, -0.25) is 9.59 Å². The molecule has 0 spiro atoms. The van der Waals surface area contributed by atoms with Crippen molar-refractivity contribution in [3.63, 3.8) is 0 Å². The van der Waals surface area contributed by atoms with Crippen LogP contribution in [-0.4, -0.2) is 68.4 Å². The summed E-state index contributed by atoms with van der Waals surface area (Å²) in [6, 6.07) is 10.4. The molecule has 0 unspecified atom stereocenters. The lowest BCUT2D eigenvalue weighted by atomic mass is 9.89. The number of Topliss-reactive ketones (excluding diaryl/α,β-unsaturated/α-hetero) is 1. The van der Waals surface area contributed by atoms with Gasteiger partial charge < -0.3 is 25.8 Å². The van der Waals surface area contributed by atoms with Gasteiger partial charge in [-0.25, -0.2) is 9.18 Å². The van der Waals surface area contributed by atoms with Gasteiger partial charge in [-0.15, -0.1) is 0 Å². The summed E-state index contributed by atoms with van der Waals surface area (Å²) in [6.07, 6.45) is 1.06. The number of urea groups is 1. The molecule has 2 aliphatic rings. The number of amides is 3. The summed E-state index contributed by atoms with van der Waals surface area (Å²) in [5.74, 6) is -0.821. The molecule has 35 heavy (non-hydrogen) atoms. The fourth-order valence-corrected chi connectivity index (χ4v) is 4.80. The van der Waals surface area contributed by atoms with E-state index in [4.69, 9.17) is 11.6 Å². The number of hydrogen-bond donors (Lipinski definition) is 3. The summed E-state index contributed by atoms with van der Waals surface area (Å²) in [6.45, 7) is 3.93. The molecule has 2 saturated heterocycles. The van der Waals surface area contributed by atoms with E-state index in [2.05, 4.69) is 20.9 Å². The summed E-state index contributed by atoms with van der Waals surface area (Å²) in [5.41, 5.74) is 1.84. The number of nitrogens with zero attached hydrogens (tertiary/aromatic N) is 2. The van der Waals surface area contributed by atoms with Crippen LogP contribution in [0.3, 0.4) is 0 Å². The molecule has 2 aliphatic heterocycles. The highest BCUT2D eigenvalue weighted by Crippen LogP contribution is 2.34. The maximum absolute atomic E-state index is 13.1. The van der Waals surface area contributed by atoms with Gasteiger partial charge in [0.2, 0.25) is 5.91 Å². The van der Waals surface area contributed by atoms with E-state index >= 15 is 0 Å². The molecule has 3 N–H and O–H groups in total. The molecule has 2 aromatic rings. The van der Waals surface area contributed by atoms with Crippen molar-refractivity contribution >= 4 is 40.7 Å². The number of benzene rings is 2. The highest BCUT2D eigenvalue weighted by atomic mass is 35.5. The van der Waals surface area contributed by atoms with Gasteiger partial charge in [-0.1, -0.05) is 17.7 Å². The topological polar surface area (TPSA) is 93.8 Å². The van der Waals surface area contributed by atoms with Gasteiger partial charge in [0.25, 0.3) is 0 Å². The number of nitrogens with one attached hydrogen (secondary N) is 3. The highest BCUT2D eigenvalue weighted by Gasteiger charge is 2.28. The van der Waals surface area contributed by atoms with Crippen molar-refractivity contribution in [1.82, 2.24) is 15.5 Å². The first-order chi connectivity index (χ1) is 16.9. The summed E-state index contributed by atoms with van der Waals surface area (Å²) in [4.78, 5) is 41.6. The average Bonchev–Trinajstić information content (AvgIpc) is 2.88. The predicted molar refractivity (Wildman–Crippen MR) is 134 cm³/mol. The third-order valence-electron chi connectivity index (χ3n) is 6.42. The first-order valence-corrected chi connectivity index (χ1v) is 12.2. The van der Waals surface area contributed by atoms with E-state index in [0.717, 1.165) is 31.9 Å². The second-order valence-corrected chi connectivity index (χ2v) is 9.11. The number of piperazine rings is 1. The molecule has 0 radical (unpaired) electrons. The Morgan fingerprint density at radius 3 is 2.37 bits per heavy atom. The minimum atomic E-state index is -0.488. The minimum absolute atomic E-state index is 0.0311. The summed E-state index contributed by atoms with van der Waals surface area (Å²) in [7, 11) is 0. The van der Waals surface area contributed by atoms with E-state index in [1.165, 1.54) is 24.3 Å². The Morgan fingerprint density at radius 1 is 1.00 bits per heavy atom. The number of piperidine rings is 1. The Balaban J connectivity index is 1.26. The Hall–Kier alpha value is -3.17. The Kier molecular flexibility index (Phi) is 8.20. The molecule has 8 nitrogen and oxygen atoms in total. The first-order valence-electron chi connectivity index (χ1n) is 11.8. The Morgan fingerprint density at radius 2 is 1.69 bits per heavy atom. The van der Waals surface area contributed by atoms with Crippen LogP contribution in [0.4, 0.5) is 20.6 Å². The molecule has 0 saturated carbocycles. The molecule has 186 valence electrons. The summed E-state index contributed by atoms with van der Waals surface area (Å²) in [5, 5.41) is 9.28. The van der Waals surface area contributed by atoms with Crippen LogP contribution in [0.25, 0.3) is 0 Å². The number of anilines is 2. The second kappa shape index (κ2) is 11.5. The summed E-state index contributed by atoms with van der Waals surface area (Å²) >= 11 is 6.42. The smallest absolute Gasteiger partial charge is 0.319 e. The highest BCUT2D eigenvalue weighted by molar-refractivity contribution is 6.34. The monoisotopic (exact) mass is 501 g/mol. The average molecular weight is 502 g/mol. The van der Waals surface area contributed by atoms with Crippen molar-refractivity contribution in [3.8, 4) is 0 Å². The molecule has 0 aromatic heterocycles. The van der Waals surface area contributed by atoms with Crippen molar-refractivity contribution in [2.24, 2.45) is 5.92 Å². The van der Waals surface area contributed by atoms with Crippen LogP contribution in [0.1, 0.15) is 23.2 Å². The second-order valence-electron chi connectivity index (χ2n) is 8.71. The molecule has 4 rings (SSSR count). The number of carbonyl (C=O) groups excluding carboxylic acids is 3. The Labute approximate surface area is 208 Å². The van der Waals surface area contributed by atoms with E-state index in [0.29, 0.717) is 42.2 Å². The first kappa shape index (κ1) is 24.9.